The van der Waals surface area contributed by atoms with Gasteiger partial charge in [-0.1, -0.05) is 48.6 Å². The molecule has 2 aromatic carbocycles. The minimum Gasteiger partial charge on any atom is -0.508 e. The van der Waals surface area contributed by atoms with E-state index >= 15 is 0 Å². The van der Waals surface area contributed by atoms with E-state index in [9.17, 15) is 0 Å². The van der Waals surface area contributed by atoms with Crippen LogP contribution >= 0.6 is 22.7 Å². The first kappa shape index (κ1) is 26.9. The van der Waals surface area contributed by atoms with Crippen molar-refractivity contribution in [3.63, 3.8) is 0 Å². The minimum atomic E-state index is 0. The third-order valence-electron chi connectivity index (χ3n) is 6.95. The summed E-state index contributed by atoms with van der Waals surface area (Å²) >= 11 is 3.36. The molecule has 0 N–H and O–H groups in total. The number of aromatic nitrogens is 1. The summed E-state index contributed by atoms with van der Waals surface area (Å²) in [6.45, 7) is 13.0. The summed E-state index contributed by atoms with van der Waals surface area (Å²) < 4.78 is 8.73. The van der Waals surface area contributed by atoms with Crippen molar-refractivity contribution in [1.29, 1.82) is 0 Å². The fraction of sp³-hybridized carbons (Fsp3) is 0.226. The zero-order valence-electron chi connectivity index (χ0n) is 22.2. The van der Waals surface area contributed by atoms with Crippen LogP contribution in [0.15, 0.2) is 65.4 Å². The fourth-order valence-electron chi connectivity index (χ4n) is 4.62. The zero-order valence-corrected chi connectivity index (χ0v) is 26.1. The van der Waals surface area contributed by atoms with Gasteiger partial charge in [0.1, 0.15) is 5.06 Å². The van der Waals surface area contributed by atoms with E-state index in [1.165, 1.54) is 27.0 Å². The van der Waals surface area contributed by atoms with Gasteiger partial charge in [0.2, 0.25) is 0 Å². The molecule has 6 rings (SSSR count). The van der Waals surface area contributed by atoms with Crippen molar-refractivity contribution in [3.8, 4) is 22.1 Å². The van der Waals surface area contributed by atoms with Crippen molar-refractivity contribution < 1.29 is 25.8 Å². The summed E-state index contributed by atoms with van der Waals surface area (Å²) in [6, 6.07) is 21.8. The quantitative estimate of drug-likeness (QED) is 0.174. The first-order chi connectivity index (χ1) is 17.7. The molecule has 0 amide bonds. The van der Waals surface area contributed by atoms with Crippen molar-refractivity contribution in [2.24, 2.45) is 0 Å². The predicted octanol–water partition coefficient (Wildman–Crippen LogP) is 8.99. The number of hydrogen-bond donors (Lipinski definition) is 0. The number of allylic oxidation sites excluding steroid dienone is 2. The van der Waals surface area contributed by atoms with Crippen LogP contribution in [-0.2, 0) is 26.5 Å². The van der Waals surface area contributed by atoms with Crippen LogP contribution < -0.4 is 9.64 Å². The summed E-state index contributed by atoms with van der Waals surface area (Å²) in [7, 11) is 2.06. The second-order valence-electron chi connectivity index (χ2n) is 10.4. The second kappa shape index (κ2) is 10.1. The molecule has 4 heterocycles. The summed E-state index contributed by atoms with van der Waals surface area (Å²) in [4.78, 5) is 9.05. The van der Waals surface area contributed by atoms with Crippen molar-refractivity contribution in [2.75, 3.05) is 11.9 Å². The van der Waals surface area contributed by atoms with Gasteiger partial charge in [-0.25, -0.2) is 0 Å². The maximum atomic E-state index is 6.34. The van der Waals surface area contributed by atoms with Gasteiger partial charge >= 0.3 is 0 Å². The molecular weight excluding hydrogens is 690 g/mol. The average Bonchev–Trinajstić information content (AvgIpc) is 3.56. The number of fused-ring (bicyclic) bond motifs is 2. The Hall–Kier alpha value is -2.66. The van der Waals surface area contributed by atoms with E-state index in [1.807, 2.05) is 24.4 Å². The zero-order chi connectivity index (χ0) is 25.9. The van der Waals surface area contributed by atoms with E-state index in [4.69, 9.17) is 9.72 Å². The van der Waals surface area contributed by atoms with Gasteiger partial charge in [-0.2, -0.15) is 29.5 Å². The van der Waals surface area contributed by atoms with E-state index in [-0.39, 0.29) is 26.5 Å². The maximum Gasteiger partial charge on any atom is 0.107 e. The maximum absolute atomic E-state index is 6.34. The van der Waals surface area contributed by atoms with Gasteiger partial charge in [-0.15, -0.1) is 41.3 Å². The normalized spacial score (nSPS) is 14.1. The molecule has 0 atom stereocenters. The Morgan fingerprint density at radius 3 is 2.55 bits per heavy atom. The van der Waals surface area contributed by atoms with E-state index in [2.05, 4.69) is 99.9 Å². The molecule has 198 valence electrons. The van der Waals surface area contributed by atoms with Crippen LogP contribution in [0, 0.1) is 18.8 Å². The van der Waals surface area contributed by atoms with E-state index in [0.29, 0.717) is 5.75 Å². The molecule has 0 aliphatic carbocycles. The molecular formula is C31H28N3OPtS2-3. The molecule has 0 unspecified atom stereocenters. The van der Waals surface area contributed by atoms with Gasteiger partial charge in [0.15, 0.2) is 0 Å². The molecule has 0 radical (unpaired) electrons. The largest absolute Gasteiger partial charge is 0.508 e. The fourth-order valence-corrected chi connectivity index (χ4v) is 6.45. The van der Waals surface area contributed by atoms with Crippen LogP contribution in [0.25, 0.3) is 31.4 Å². The Bertz CT molecular complexity index is 1680. The van der Waals surface area contributed by atoms with Gasteiger partial charge in [0, 0.05) is 49.1 Å². The number of nitrogens with zero attached hydrogens (tertiary/aromatic N) is 3. The summed E-state index contributed by atoms with van der Waals surface area (Å²) in [5, 5.41) is 5.12. The van der Waals surface area contributed by atoms with E-state index in [0.717, 1.165) is 32.1 Å². The molecule has 5 aromatic rings. The number of hydrogen-bond acceptors (Lipinski definition) is 6. The van der Waals surface area contributed by atoms with Crippen LogP contribution in [0.3, 0.4) is 0 Å². The van der Waals surface area contributed by atoms with Crippen LogP contribution in [0.4, 0.5) is 5.69 Å². The van der Waals surface area contributed by atoms with Gasteiger partial charge in [0.05, 0.1) is 0 Å². The van der Waals surface area contributed by atoms with Crippen LogP contribution in [0.1, 0.15) is 40.2 Å². The SMILES string of the molecule is CC1=C(C)N(c2[c-]c(Oc3[c-]c4c(-c5cc(C(C)(C)C)ccn5)c5ccsc5cc4s3)ccc2)[CH-]N1C.[Pt]. The molecule has 0 bridgehead atoms. The van der Waals surface area contributed by atoms with Crippen LogP contribution in [-0.4, -0.2) is 16.9 Å². The summed E-state index contributed by atoms with van der Waals surface area (Å²) in [5.41, 5.74) is 6.74. The van der Waals surface area contributed by atoms with Crippen LogP contribution in [0.5, 0.6) is 10.8 Å². The van der Waals surface area contributed by atoms with Crippen molar-refractivity contribution in [3.05, 3.63) is 89.8 Å². The van der Waals surface area contributed by atoms with Gasteiger partial charge < -0.3 is 14.5 Å². The Balaban J connectivity index is 0.00000294. The molecule has 38 heavy (non-hydrogen) atoms. The third-order valence-corrected chi connectivity index (χ3v) is 8.73. The molecule has 0 saturated heterocycles. The topological polar surface area (TPSA) is 28.6 Å². The predicted molar refractivity (Wildman–Crippen MR) is 156 cm³/mol. The minimum absolute atomic E-state index is 0. The molecule has 7 heteroatoms. The number of rotatable bonds is 4. The summed E-state index contributed by atoms with van der Waals surface area (Å²) in [6.07, 6.45) is 1.92. The molecule has 0 fully saturated rings. The molecule has 4 nitrogen and oxygen atoms in total. The average molecular weight is 718 g/mol. The molecule has 1 aliphatic heterocycles. The van der Waals surface area contributed by atoms with E-state index in [1.54, 1.807) is 22.7 Å². The molecule has 1 aliphatic rings. The Labute approximate surface area is 246 Å². The van der Waals surface area contributed by atoms with Gasteiger partial charge in [-0.3, -0.25) is 4.98 Å². The standard InChI is InChI=1S/C31H28N3OS2.Pt/c1-19-20(2)34(18-33(19)6)22-8-7-9-23(15-22)35-29-16-25-28(37-29)17-27-24(11-13-36-27)30(25)26-14-21(10-12-32-26)31(3,4)5;/h7-14,17-18H,1-6H3;/q-3;. The number of ether oxygens (including phenoxy) is 1. The van der Waals surface area contributed by atoms with Gasteiger partial charge in [-0.05, 0) is 55.1 Å². The van der Waals surface area contributed by atoms with E-state index < -0.39 is 0 Å². The Morgan fingerprint density at radius 1 is 1.00 bits per heavy atom. The van der Waals surface area contributed by atoms with Crippen molar-refractivity contribution in [1.82, 2.24) is 9.88 Å². The monoisotopic (exact) mass is 717 g/mol. The number of anilines is 1. The molecule has 3 aromatic heterocycles. The number of pyridine rings is 1. The first-order valence-electron chi connectivity index (χ1n) is 12.3. The first-order valence-corrected chi connectivity index (χ1v) is 14.0. The number of thiophene rings is 2. The number of benzene rings is 2. The van der Waals surface area contributed by atoms with Crippen molar-refractivity contribution in [2.45, 2.75) is 40.0 Å². The van der Waals surface area contributed by atoms with Crippen LogP contribution in [0.2, 0.25) is 0 Å². The Morgan fingerprint density at radius 2 is 1.82 bits per heavy atom. The molecule has 0 spiro atoms. The molecule has 0 saturated carbocycles. The third kappa shape index (κ3) is 4.79. The second-order valence-corrected chi connectivity index (χ2v) is 12.4. The summed E-state index contributed by atoms with van der Waals surface area (Å²) in [5.74, 6) is 0.671. The van der Waals surface area contributed by atoms with Crippen molar-refractivity contribution >= 4 is 48.5 Å². The van der Waals surface area contributed by atoms with Gasteiger partial charge in [0.25, 0.3) is 0 Å². The smallest absolute Gasteiger partial charge is 0.107 e. The Kier molecular flexibility index (Phi) is 7.19.